The molecule has 2 fully saturated rings. The number of ether oxygens (including phenoxy) is 1. The van der Waals surface area contributed by atoms with E-state index in [1.54, 1.807) is 0 Å². The van der Waals surface area contributed by atoms with E-state index >= 15 is 0 Å². The van der Waals surface area contributed by atoms with E-state index in [1.165, 1.54) is 25.7 Å². The summed E-state index contributed by atoms with van der Waals surface area (Å²) in [5.41, 5.74) is 6.16. The van der Waals surface area contributed by atoms with Crippen LogP contribution in [0.1, 0.15) is 25.7 Å². The smallest absolute Gasteiger partial charge is 0.0644 e. The first kappa shape index (κ1) is 12.3. The average Bonchev–Trinajstić information content (AvgIpc) is 2.33. The Balaban J connectivity index is 1.86. The number of aliphatic hydroxyl groups excluding tert-OH is 1. The molecule has 0 radical (unpaired) electrons. The largest absolute Gasteiger partial charge is 0.395 e. The highest BCUT2D eigenvalue weighted by molar-refractivity contribution is 4.84. The lowest BCUT2D eigenvalue weighted by Crippen LogP contribution is -2.51. The van der Waals surface area contributed by atoms with Crippen LogP contribution in [-0.2, 0) is 4.74 Å². The third kappa shape index (κ3) is 2.94. The Morgan fingerprint density at radius 3 is 2.88 bits per heavy atom. The Kier molecular flexibility index (Phi) is 4.58. The van der Waals surface area contributed by atoms with Gasteiger partial charge in [0.1, 0.15) is 0 Å². The first-order valence-corrected chi connectivity index (χ1v) is 6.49. The molecule has 3 unspecified atom stereocenters. The lowest BCUT2D eigenvalue weighted by atomic mass is 9.84. The maximum atomic E-state index is 9.30. The van der Waals surface area contributed by atoms with Crippen molar-refractivity contribution in [1.29, 1.82) is 0 Å². The fourth-order valence-corrected chi connectivity index (χ4v) is 2.86. The Morgan fingerprint density at radius 2 is 2.12 bits per heavy atom. The van der Waals surface area contributed by atoms with Gasteiger partial charge in [-0.3, -0.25) is 4.90 Å². The standard InChI is InChI=1S/C12H24N2O2/c13-12-4-2-1-3-10(12)7-14-5-6-16-9-11(14)8-15/h10-12,15H,1-9,13H2. The molecule has 3 atom stereocenters. The quantitative estimate of drug-likeness (QED) is 0.724. The van der Waals surface area contributed by atoms with E-state index in [9.17, 15) is 5.11 Å². The molecule has 2 aliphatic rings. The number of morpholine rings is 1. The molecule has 0 aromatic carbocycles. The predicted octanol–water partition coefficient (Wildman–Crippen LogP) is 0.197. The highest BCUT2D eigenvalue weighted by Crippen LogP contribution is 2.24. The SMILES string of the molecule is NC1CCCCC1CN1CCOCC1CO. The van der Waals surface area contributed by atoms with Crippen LogP contribution in [0.25, 0.3) is 0 Å². The van der Waals surface area contributed by atoms with E-state index in [0.29, 0.717) is 18.6 Å². The van der Waals surface area contributed by atoms with Gasteiger partial charge in [-0.25, -0.2) is 0 Å². The molecule has 0 aromatic heterocycles. The van der Waals surface area contributed by atoms with Crippen molar-refractivity contribution < 1.29 is 9.84 Å². The first-order valence-electron chi connectivity index (χ1n) is 6.49. The van der Waals surface area contributed by atoms with Gasteiger partial charge >= 0.3 is 0 Å². The van der Waals surface area contributed by atoms with Crippen LogP contribution in [0.4, 0.5) is 0 Å². The molecule has 1 aliphatic carbocycles. The van der Waals surface area contributed by atoms with Crippen LogP contribution in [0.2, 0.25) is 0 Å². The van der Waals surface area contributed by atoms with Gasteiger partial charge in [0.2, 0.25) is 0 Å². The molecule has 1 saturated heterocycles. The van der Waals surface area contributed by atoms with E-state index in [0.717, 1.165) is 19.7 Å². The summed E-state index contributed by atoms with van der Waals surface area (Å²) in [5, 5.41) is 9.30. The first-order chi connectivity index (χ1) is 7.81. The second kappa shape index (κ2) is 5.96. The maximum absolute atomic E-state index is 9.30. The molecule has 3 N–H and O–H groups in total. The normalized spacial score (nSPS) is 37.5. The van der Waals surface area contributed by atoms with E-state index in [-0.39, 0.29) is 12.6 Å². The van der Waals surface area contributed by atoms with Crippen LogP contribution in [0.5, 0.6) is 0 Å². The summed E-state index contributed by atoms with van der Waals surface area (Å²) in [6.45, 7) is 3.63. The van der Waals surface area contributed by atoms with Gasteiger partial charge in [-0.2, -0.15) is 0 Å². The van der Waals surface area contributed by atoms with E-state index < -0.39 is 0 Å². The minimum atomic E-state index is 0.183. The number of nitrogens with two attached hydrogens (primary N) is 1. The van der Waals surface area contributed by atoms with Crippen molar-refractivity contribution in [1.82, 2.24) is 4.90 Å². The third-order valence-corrected chi connectivity index (χ3v) is 4.00. The molecule has 1 heterocycles. The summed E-state index contributed by atoms with van der Waals surface area (Å²) in [6.07, 6.45) is 5.01. The number of rotatable bonds is 3. The summed E-state index contributed by atoms with van der Waals surface area (Å²) >= 11 is 0. The van der Waals surface area contributed by atoms with Crippen LogP contribution in [0.15, 0.2) is 0 Å². The zero-order valence-corrected chi connectivity index (χ0v) is 9.98. The maximum Gasteiger partial charge on any atom is 0.0644 e. The highest BCUT2D eigenvalue weighted by Gasteiger charge is 2.28. The second-order valence-electron chi connectivity index (χ2n) is 5.11. The predicted molar refractivity (Wildman–Crippen MR) is 63.2 cm³/mol. The molecular weight excluding hydrogens is 204 g/mol. The van der Waals surface area contributed by atoms with Gasteiger partial charge in [-0.15, -0.1) is 0 Å². The summed E-state index contributed by atoms with van der Waals surface area (Å²) in [4.78, 5) is 2.36. The van der Waals surface area contributed by atoms with Crippen LogP contribution in [0, 0.1) is 5.92 Å². The van der Waals surface area contributed by atoms with Gasteiger partial charge in [0.05, 0.1) is 25.9 Å². The Hall–Kier alpha value is -0.160. The monoisotopic (exact) mass is 228 g/mol. The number of aliphatic hydroxyl groups is 1. The van der Waals surface area contributed by atoms with Crippen molar-refractivity contribution in [3.05, 3.63) is 0 Å². The molecule has 94 valence electrons. The Labute approximate surface area is 97.7 Å². The van der Waals surface area contributed by atoms with Crippen molar-refractivity contribution >= 4 is 0 Å². The molecule has 0 spiro atoms. The summed E-state index contributed by atoms with van der Waals surface area (Å²) < 4.78 is 5.39. The molecule has 1 saturated carbocycles. The van der Waals surface area contributed by atoms with E-state index in [2.05, 4.69) is 4.90 Å². The summed E-state index contributed by atoms with van der Waals surface area (Å²) in [5.74, 6) is 0.612. The van der Waals surface area contributed by atoms with Crippen molar-refractivity contribution in [2.75, 3.05) is 32.9 Å². The molecule has 0 aromatic rings. The molecule has 0 amide bonds. The zero-order chi connectivity index (χ0) is 11.4. The van der Waals surface area contributed by atoms with Crippen molar-refractivity contribution in [2.45, 2.75) is 37.8 Å². The van der Waals surface area contributed by atoms with Crippen LogP contribution in [-0.4, -0.2) is 55.0 Å². The average molecular weight is 228 g/mol. The molecule has 0 bridgehead atoms. The Bertz CT molecular complexity index is 213. The number of hydrogen-bond donors (Lipinski definition) is 2. The summed E-state index contributed by atoms with van der Waals surface area (Å²) in [7, 11) is 0. The molecule has 16 heavy (non-hydrogen) atoms. The second-order valence-corrected chi connectivity index (χ2v) is 5.11. The van der Waals surface area contributed by atoms with Gasteiger partial charge in [-0.05, 0) is 18.8 Å². The zero-order valence-electron chi connectivity index (χ0n) is 9.98. The van der Waals surface area contributed by atoms with Gasteiger partial charge in [-0.1, -0.05) is 12.8 Å². The number of hydrogen-bond acceptors (Lipinski definition) is 4. The Morgan fingerprint density at radius 1 is 1.31 bits per heavy atom. The van der Waals surface area contributed by atoms with Crippen molar-refractivity contribution in [3.63, 3.8) is 0 Å². The fourth-order valence-electron chi connectivity index (χ4n) is 2.86. The minimum absolute atomic E-state index is 0.183. The van der Waals surface area contributed by atoms with Gasteiger partial charge < -0.3 is 15.6 Å². The molecule has 4 nitrogen and oxygen atoms in total. The number of nitrogens with zero attached hydrogens (tertiary/aromatic N) is 1. The van der Waals surface area contributed by atoms with Gasteiger partial charge in [0.15, 0.2) is 0 Å². The minimum Gasteiger partial charge on any atom is -0.395 e. The van der Waals surface area contributed by atoms with E-state index in [4.69, 9.17) is 10.5 Å². The van der Waals surface area contributed by atoms with E-state index in [1.807, 2.05) is 0 Å². The molecule has 2 rings (SSSR count). The fraction of sp³-hybridized carbons (Fsp3) is 1.00. The lowest BCUT2D eigenvalue weighted by molar-refractivity contribution is -0.0365. The third-order valence-electron chi connectivity index (χ3n) is 4.00. The highest BCUT2D eigenvalue weighted by atomic mass is 16.5. The van der Waals surface area contributed by atoms with Gasteiger partial charge in [0.25, 0.3) is 0 Å². The molecular formula is C12H24N2O2. The van der Waals surface area contributed by atoms with Crippen LogP contribution in [0.3, 0.4) is 0 Å². The van der Waals surface area contributed by atoms with Gasteiger partial charge in [0, 0.05) is 19.1 Å². The van der Waals surface area contributed by atoms with Crippen molar-refractivity contribution in [3.8, 4) is 0 Å². The van der Waals surface area contributed by atoms with Crippen LogP contribution < -0.4 is 5.73 Å². The molecule has 1 aliphatic heterocycles. The molecule has 4 heteroatoms. The lowest BCUT2D eigenvalue weighted by Gasteiger charge is -2.39. The van der Waals surface area contributed by atoms with Crippen LogP contribution >= 0.6 is 0 Å². The topological polar surface area (TPSA) is 58.7 Å². The van der Waals surface area contributed by atoms with Crippen molar-refractivity contribution in [2.24, 2.45) is 11.7 Å². The summed E-state index contributed by atoms with van der Waals surface area (Å²) in [6, 6.07) is 0.541.